The van der Waals surface area contributed by atoms with Gasteiger partial charge in [-0.2, -0.15) is 5.10 Å². The second-order valence-corrected chi connectivity index (χ2v) is 8.15. The van der Waals surface area contributed by atoms with Crippen molar-refractivity contribution in [3.63, 3.8) is 0 Å². The molecule has 0 aliphatic heterocycles. The van der Waals surface area contributed by atoms with E-state index in [1.54, 1.807) is 56.8 Å². The summed E-state index contributed by atoms with van der Waals surface area (Å²) in [4.78, 5) is 13.0. The minimum atomic E-state index is -1.05. The van der Waals surface area contributed by atoms with Crippen molar-refractivity contribution in [2.24, 2.45) is 0 Å². The highest BCUT2D eigenvalue weighted by Gasteiger charge is 2.18. The molecule has 1 atom stereocenters. The fourth-order valence-corrected chi connectivity index (χ4v) is 3.16. The minimum absolute atomic E-state index is 0.111. The lowest BCUT2D eigenvalue weighted by Crippen LogP contribution is -2.17. The molecule has 0 saturated carbocycles. The van der Waals surface area contributed by atoms with Crippen LogP contribution in [0.1, 0.15) is 26.5 Å². The first-order valence-electron chi connectivity index (χ1n) is 10.5. The van der Waals surface area contributed by atoms with E-state index in [2.05, 4.69) is 25.4 Å². The predicted molar refractivity (Wildman–Crippen MR) is 123 cm³/mol. The Morgan fingerprint density at radius 1 is 1.12 bits per heavy atom. The summed E-state index contributed by atoms with van der Waals surface area (Å²) < 4.78 is 21.2. The molecule has 33 heavy (non-hydrogen) atoms. The van der Waals surface area contributed by atoms with Gasteiger partial charge in [0.1, 0.15) is 23.3 Å². The van der Waals surface area contributed by atoms with E-state index in [0.717, 1.165) is 0 Å². The number of nitrogens with zero attached hydrogens (tertiary/aromatic N) is 5. The van der Waals surface area contributed by atoms with Gasteiger partial charge in [-0.05, 0) is 51.1 Å². The molecule has 0 amide bonds. The maximum Gasteiger partial charge on any atom is 0.174 e. The molecule has 0 bridgehead atoms. The Labute approximate surface area is 191 Å². The number of ether oxygens (including phenoxy) is 1. The number of nitrogens with one attached hydrogen (secondary N) is 1. The minimum Gasteiger partial charge on any atom is -0.453 e. The molecule has 2 N–H and O–H groups in total. The van der Waals surface area contributed by atoms with E-state index in [9.17, 15) is 9.50 Å². The molecule has 9 heteroatoms. The van der Waals surface area contributed by atoms with E-state index in [0.29, 0.717) is 40.1 Å². The largest absolute Gasteiger partial charge is 0.453 e. The average Bonchev–Trinajstić information content (AvgIpc) is 3.15. The third kappa shape index (κ3) is 5.69. The van der Waals surface area contributed by atoms with Gasteiger partial charge in [0.15, 0.2) is 11.4 Å². The van der Waals surface area contributed by atoms with Crippen molar-refractivity contribution in [3.8, 4) is 22.9 Å². The van der Waals surface area contributed by atoms with Crippen LogP contribution in [0.4, 0.5) is 15.9 Å². The van der Waals surface area contributed by atoms with Gasteiger partial charge in [0.25, 0.3) is 0 Å². The Kier molecular flexibility index (Phi) is 6.32. The monoisotopic (exact) mass is 448 g/mol. The number of alkyl halides is 1. The van der Waals surface area contributed by atoms with Crippen molar-refractivity contribution in [1.29, 1.82) is 0 Å². The van der Waals surface area contributed by atoms with Crippen LogP contribution in [0.25, 0.3) is 11.4 Å². The van der Waals surface area contributed by atoms with E-state index in [4.69, 9.17) is 4.74 Å². The van der Waals surface area contributed by atoms with E-state index in [1.165, 1.54) is 11.6 Å². The zero-order chi connectivity index (χ0) is 23.4. The van der Waals surface area contributed by atoms with Gasteiger partial charge in [-0.15, -0.1) is 0 Å². The van der Waals surface area contributed by atoms with Crippen molar-refractivity contribution in [1.82, 2.24) is 24.7 Å². The lowest BCUT2D eigenvalue weighted by molar-refractivity contribution is 0.0739. The Balaban J connectivity index is 1.56. The number of anilines is 2. The highest BCUT2D eigenvalue weighted by molar-refractivity contribution is 5.63. The van der Waals surface area contributed by atoms with E-state index in [-0.39, 0.29) is 6.54 Å². The quantitative estimate of drug-likeness (QED) is 0.397. The van der Waals surface area contributed by atoms with Crippen LogP contribution >= 0.6 is 0 Å². The van der Waals surface area contributed by atoms with Crippen LogP contribution in [0.15, 0.2) is 67.3 Å². The number of aromatic nitrogens is 5. The summed E-state index contributed by atoms with van der Waals surface area (Å²) in [5, 5.41) is 17.7. The second-order valence-electron chi connectivity index (χ2n) is 8.15. The van der Waals surface area contributed by atoms with Crippen molar-refractivity contribution < 1.29 is 14.2 Å². The molecular weight excluding hydrogens is 423 g/mol. The van der Waals surface area contributed by atoms with Crippen molar-refractivity contribution >= 4 is 11.5 Å². The Morgan fingerprint density at radius 2 is 1.97 bits per heavy atom. The number of rotatable bonds is 8. The molecule has 0 aliphatic rings. The molecule has 0 fully saturated rings. The van der Waals surface area contributed by atoms with Crippen LogP contribution in [-0.2, 0) is 12.1 Å². The summed E-state index contributed by atoms with van der Waals surface area (Å²) in [6.45, 7) is 4.95. The van der Waals surface area contributed by atoms with E-state index >= 15 is 0 Å². The van der Waals surface area contributed by atoms with Crippen LogP contribution in [0.5, 0.6) is 11.5 Å². The fraction of sp³-hybridized carbons (Fsp3) is 0.250. The average molecular weight is 449 g/mol. The van der Waals surface area contributed by atoms with Crippen LogP contribution < -0.4 is 10.1 Å². The van der Waals surface area contributed by atoms with Crippen LogP contribution in [-0.4, -0.2) is 36.0 Å². The molecule has 0 radical (unpaired) electrons. The molecule has 8 nitrogen and oxygen atoms in total. The van der Waals surface area contributed by atoms with Gasteiger partial charge < -0.3 is 15.2 Å². The number of halogens is 1. The smallest absolute Gasteiger partial charge is 0.174 e. The number of hydrogen-bond donors (Lipinski definition) is 2. The van der Waals surface area contributed by atoms with Gasteiger partial charge in [-0.3, -0.25) is 14.6 Å². The molecule has 4 rings (SSSR count). The Morgan fingerprint density at radius 3 is 2.64 bits per heavy atom. The highest BCUT2D eigenvalue weighted by Crippen LogP contribution is 2.32. The summed E-state index contributed by atoms with van der Waals surface area (Å²) in [5.74, 6) is 1.54. The molecule has 4 aromatic heterocycles. The first kappa shape index (κ1) is 22.3. The van der Waals surface area contributed by atoms with E-state index in [1.807, 2.05) is 24.3 Å². The fourth-order valence-electron chi connectivity index (χ4n) is 3.16. The van der Waals surface area contributed by atoms with Gasteiger partial charge in [0.05, 0.1) is 36.0 Å². The molecule has 0 spiro atoms. The SMILES string of the molecule is CC(F)Cn1cc(Oc2ccnc(Nc3ccc(C(C)(C)O)nc3)c2)c(-c2ccccn2)n1. The second kappa shape index (κ2) is 9.33. The van der Waals surface area contributed by atoms with Crippen LogP contribution in [0.2, 0.25) is 0 Å². The molecule has 0 aliphatic carbocycles. The van der Waals surface area contributed by atoms with Gasteiger partial charge in [-0.1, -0.05) is 6.07 Å². The molecule has 4 aromatic rings. The lowest BCUT2D eigenvalue weighted by atomic mass is 10.1. The van der Waals surface area contributed by atoms with Gasteiger partial charge in [-0.25, -0.2) is 9.37 Å². The number of pyridine rings is 3. The van der Waals surface area contributed by atoms with Crippen molar-refractivity contribution in [3.05, 3.63) is 72.9 Å². The molecule has 0 saturated heterocycles. The summed E-state index contributed by atoms with van der Waals surface area (Å²) in [5.41, 5.74) is 1.42. The maximum atomic E-state index is 13.6. The molecule has 1 unspecified atom stereocenters. The van der Waals surface area contributed by atoms with E-state index < -0.39 is 11.8 Å². The van der Waals surface area contributed by atoms with Crippen LogP contribution in [0.3, 0.4) is 0 Å². The lowest BCUT2D eigenvalue weighted by Gasteiger charge is -2.16. The topological polar surface area (TPSA) is 98.0 Å². The van der Waals surface area contributed by atoms with Gasteiger partial charge in [0, 0.05) is 18.5 Å². The highest BCUT2D eigenvalue weighted by atomic mass is 19.1. The summed E-state index contributed by atoms with van der Waals surface area (Å²) in [6, 6.07) is 12.5. The summed E-state index contributed by atoms with van der Waals surface area (Å²) >= 11 is 0. The zero-order valence-corrected chi connectivity index (χ0v) is 18.6. The first-order chi connectivity index (χ1) is 15.8. The van der Waals surface area contributed by atoms with Gasteiger partial charge in [0.2, 0.25) is 0 Å². The molecule has 4 heterocycles. The predicted octanol–water partition coefficient (Wildman–Crippen LogP) is 4.86. The third-order valence-corrected chi connectivity index (χ3v) is 4.70. The van der Waals surface area contributed by atoms with Crippen molar-refractivity contribution in [2.45, 2.75) is 39.1 Å². The summed E-state index contributed by atoms with van der Waals surface area (Å²) in [7, 11) is 0. The first-order valence-corrected chi connectivity index (χ1v) is 10.5. The maximum absolute atomic E-state index is 13.6. The molecular formula is C24H25FN6O2. The van der Waals surface area contributed by atoms with Gasteiger partial charge >= 0.3 is 0 Å². The summed E-state index contributed by atoms with van der Waals surface area (Å²) in [6.07, 6.45) is 5.52. The van der Waals surface area contributed by atoms with Crippen LogP contribution in [0, 0.1) is 0 Å². The zero-order valence-electron chi connectivity index (χ0n) is 18.6. The Bertz CT molecular complexity index is 1200. The number of hydrogen-bond acceptors (Lipinski definition) is 7. The normalized spacial score (nSPS) is 12.4. The third-order valence-electron chi connectivity index (χ3n) is 4.70. The Hall–Kier alpha value is -3.85. The molecule has 170 valence electrons. The van der Waals surface area contributed by atoms with Crippen molar-refractivity contribution in [2.75, 3.05) is 5.32 Å². The molecule has 0 aromatic carbocycles. The number of aliphatic hydroxyl groups is 1. The standard InChI is InChI=1S/C24H25FN6O2/c1-16(25)14-31-15-20(23(30-31)19-6-4-5-10-26-19)33-18-9-11-27-22(12-18)29-17-7-8-21(28-13-17)24(2,3)32/h4-13,15-16,32H,14H2,1-3H3,(H,27,29).